The standard InChI is InChI=1S/C23H22/c1-14-5-3-7-16-10-22-18(12-20(14)16)9-19-13-21-15(2)6-4-8-17(21)11-23(19)22/h3-4,7-8,10-15H,5-6,9H2,1-2H3. The molecule has 2 aromatic carbocycles. The van der Waals surface area contributed by atoms with Crippen LogP contribution in [0.15, 0.2) is 36.4 Å². The lowest BCUT2D eigenvalue weighted by Crippen LogP contribution is -2.01. The molecule has 2 aromatic rings. The molecule has 0 bridgehead atoms. The summed E-state index contributed by atoms with van der Waals surface area (Å²) in [6.07, 6.45) is 12.7. The molecule has 0 aromatic heterocycles. The quantitative estimate of drug-likeness (QED) is 0.457. The number of fused-ring (bicyclic) bond motifs is 5. The molecule has 0 saturated carbocycles. The molecule has 0 N–H and O–H groups in total. The van der Waals surface area contributed by atoms with E-state index in [1.54, 1.807) is 0 Å². The van der Waals surface area contributed by atoms with Crippen LogP contribution in [0.4, 0.5) is 0 Å². The van der Waals surface area contributed by atoms with Crippen molar-refractivity contribution in [2.45, 2.75) is 44.9 Å². The van der Waals surface area contributed by atoms with Crippen molar-refractivity contribution in [2.24, 2.45) is 0 Å². The summed E-state index contributed by atoms with van der Waals surface area (Å²) in [5.74, 6) is 1.31. The summed E-state index contributed by atoms with van der Waals surface area (Å²) in [6.45, 7) is 4.70. The summed E-state index contributed by atoms with van der Waals surface area (Å²) in [5, 5.41) is 0. The van der Waals surface area contributed by atoms with Crippen LogP contribution in [0.25, 0.3) is 23.3 Å². The summed E-state index contributed by atoms with van der Waals surface area (Å²) in [7, 11) is 0. The van der Waals surface area contributed by atoms with Gasteiger partial charge in [0.15, 0.2) is 0 Å². The second-order valence-electron chi connectivity index (χ2n) is 7.53. The van der Waals surface area contributed by atoms with E-state index in [-0.39, 0.29) is 0 Å². The van der Waals surface area contributed by atoms with E-state index in [1.165, 1.54) is 57.3 Å². The van der Waals surface area contributed by atoms with Gasteiger partial charge >= 0.3 is 0 Å². The van der Waals surface area contributed by atoms with Crippen LogP contribution in [-0.4, -0.2) is 0 Å². The van der Waals surface area contributed by atoms with E-state index in [0.717, 1.165) is 6.42 Å². The van der Waals surface area contributed by atoms with Crippen LogP contribution in [0.1, 0.15) is 71.9 Å². The predicted octanol–water partition coefficient (Wildman–Crippen LogP) is 6.30. The summed E-state index contributed by atoms with van der Waals surface area (Å²) < 4.78 is 0. The molecule has 0 aliphatic heterocycles. The van der Waals surface area contributed by atoms with Crippen molar-refractivity contribution in [3.05, 3.63) is 69.8 Å². The fourth-order valence-electron chi connectivity index (χ4n) is 4.55. The van der Waals surface area contributed by atoms with Gasteiger partial charge in [0.1, 0.15) is 0 Å². The monoisotopic (exact) mass is 298 g/mol. The lowest BCUT2D eigenvalue weighted by atomic mass is 9.84. The van der Waals surface area contributed by atoms with E-state index in [9.17, 15) is 0 Å². The van der Waals surface area contributed by atoms with Crippen LogP contribution < -0.4 is 0 Å². The van der Waals surface area contributed by atoms with Gasteiger partial charge in [-0.2, -0.15) is 0 Å². The van der Waals surface area contributed by atoms with Gasteiger partial charge in [-0.05, 0) is 87.7 Å². The van der Waals surface area contributed by atoms with E-state index in [2.05, 4.69) is 62.4 Å². The molecule has 23 heavy (non-hydrogen) atoms. The smallest absolute Gasteiger partial charge is 0.00132 e. The first kappa shape index (κ1) is 13.4. The third-order valence-corrected chi connectivity index (χ3v) is 5.92. The van der Waals surface area contributed by atoms with Gasteiger partial charge in [-0.15, -0.1) is 0 Å². The average molecular weight is 298 g/mol. The molecular weight excluding hydrogens is 276 g/mol. The Balaban J connectivity index is 1.70. The van der Waals surface area contributed by atoms with E-state index in [1.807, 2.05) is 0 Å². The molecule has 0 fully saturated rings. The van der Waals surface area contributed by atoms with Crippen LogP contribution in [0.3, 0.4) is 0 Å². The number of allylic oxidation sites excluding steroid dienone is 2. The highest BCUT2D eigenvalue weighted by atomic mass is 14.3. The molecule has 114 valence electrons. The first-order valence-electron chi connectivity index (χ1n) is 8.88. The molecule has 0 heteroatoms. The van der Waals surface area contributed by atoms with Crippen molar-refractivity contribution in [1.29, 1.82) is 0 Å². The second-order valence-corrected chi connectivity index (χ2v) is 7.53. The fourth-order valence-corrected chi connectivity index (χ4v) is 4.55. The van der Waals surface area contributed by atoms with Gasteiger partial charge in [-0.1, -0.05) is 50.3 Å². The Morgan fingerprint density at radius 1 is 0.696 bits per heavy atom. The third-order valence-electron chi connectivity index (χ3n) is 5.92. The van der Waals surface area contributed by atoms with Crippen molar-refractivity contribution >= 4 is 12.2 Å². The minimum absolute atomic E-state index is 0.653. The van der Waals surface area contributed by atoms with Gasteiger partial charge in [0.25, 0.3) is 0 Å². The minimum atomic E-state index is 0.653. The molecule has 0 spiro atoms. The molecule has 0 nitrogen and oxygen atoms in total. The molecule has 2 unspecified atom stereocenters. The number of hydrogen-bond acceptors (Lipinski definition) is 0. The first-order valence-corrected chi connectivity index (χ1v) is 8.88. The lowest BCUT2D eigenvalue weighted by Gasteiger charge is -2.20. The molecular formula is C23H22. The van der Waals surface area contributed by atoms with Gasteiger partial charge in [-0.25, -0.2) is 0 Å². The highest BCUT2D eigenvalue weighted by molar-refractivity contribution is 5.83. The SMILES string of the molecule is CC1CC=Cc2cc3c(cc21)Cc1cc2c(cc1-3)C=CCC2C. The van der Waals surface area contributed by atoms with Crippen molar-refractivity contribution in [2.75, 3.05) is 0 Å². The van der Waals surface area contributed by atoms with E-state index in [4.69, 9.17) is 0 Å². The number of benzene rings is 2. The highest BCUT2D eigenvalue weighted by Crippen LogP contribution is 2.44. The zero-order valence-electron chi connectivity index (χ0n) is 13.9. The maximum absolute atomic E-state index is 2.48. The Morgan fingerprint density at radius 2 is 1.17 bits per heavy atom. The van der Waals surface area contributed by atoms with E-state index >= 15 is 0 Å². The van der Waals surface area contributed by atoms with Gasteiger partial charge in [-0.3, -0.25) is 0 Å². The van der Waals surface area contributed by atoms with E-state index < -0.39 is 0 Å². The van der Waals surface area contributed by atoms with Crippen molar-refractivity contribution in [3.8, 4) is 11.1 Å². The molecule has 0 heterocycles. The molecule has 0 radical (unpaired) electrons. The molecule has 3 aliphatic rings. The zero-order valence-corrected chi connectivity index (χ0v) is 13.9. The van der Waals surface area contributed by atoms with Crippen molar-refractivity contribution in [1.82, 2.24) is 0 Å². The normalized spacial score (nSPS) is 23.2. The summed E-state index contributed by atoms with van der Waals surface area (Å²) in [5.41, 5.74) is 11.9. The Labute approximate surface area is 138 Å². The molecule has 2 atom stereocenters. The molecule has 3 aliphatic carbocycles. The van der Waals surface area contributed by atoms with Crippen LogP contribution in [-0.2, 0) is 6.42 Å². The summed E-state index contributed by atoms with van der Waals surface area (Å²) in [4.78, 5) is 0. The average Bonchev–Trinajstić information content (AvgIpc) is 2.89. The third kappa shape index (κ3) is 1.91. The Hall–Kier alpha value is -2.08. The Morgan fingerprint density at radius 3 is 1.65 bits per heavy atom. The molecule has 0 amide bonds. The zero-order chi connectivity index (χ0) is 15.6. The van der Waals surface area contributed by atoms with Crippen molar-refractivity contribution < 1.29 is 0 Å². The summed E-state index contributed by atoms with van der Waals surface area (Å²) >= 11 is 0. The predicted molar refractivity (Wildman–Crippen MR) is 98.8 cm³/mol. The van der Waals surface area contributed by atoms with Crippen molar-refractivity contribution in [3.63, 3.8) is 0 Å². The topological polar surface area (TPSA) is 0 Å². The van der Waals surface area contributed by atoms with Gasteiger partial charge in [0.05, 0.1) is 0 Å². The van der Waals surface area contributed by atoms with Gasteiger partial charge < -0.3 is 0 Å². The van der Waals surface area contributed by atoms with Crippen LogP contribution in [0.2, 0.25) is 0 Å². The highest BCUT2D eigenvalue weighted by Gasteiger charge is 2.25. The van der Waals surface area contributed by atoms with Crippen LogP contribution in [0, 0.1) is 0 Å². The number of rotatable bonds is 0. The van der Waals surface area contributed by atoms with Crippen LogP contribution >= 0.6 is 0 Å². The Kier molecular flexibility index (Phi) is 2.74. The first-order chi connectivity index (χ1) is 11.2. The lowest BCUT2D eigenvalue weighted by molar-refractivity contribution is 0.769. The van der Waals surface area contributed by atoms with E-state index in [0.29, 0.717) is 11.8 Å². The fraction of sp³-hybridized carbons (Fsp3) is 0.304. The second kappa shape index (κ2) is 4.71. The van der Waals surface area contributed by atoms with Crippen LogP contribution in [0.5, 0.6) is 0 Å². The number of hydrogen-bond donors (Lipinski definition) is 0. The summed E-state index contributed by atoms with van der Waals surface area (Å²) in [6, 6.07) is 9.84. The minimum Gasteiger partial charge on any atom is -0.0833 e. The van der Waals surface area contributed by atoms with Gasteiger partial charge in [0, 0.05) is 0 Å². The molecule has 5 rings (SSSR count). The largest absolute Gasteiger partial charge is 0.0833 e. The Bertz CT molecular complexity index is 806. The maximum Gasteiger partial charge on any atom is -0.00132 e. The maximum atomic E-state index is 2.48. The van der Waals surface area contributed by atoms with Gasteiger partial charge in [0.2, 0.25) is 0 Å². The molecule has 0 saturated heterocycles.